The van der Waals surface area contributed by atoms with Crippen molar-refractivity contribution in [1.82, 2.24) is 0 Å². The quantitative estimate of drug-likeness (QED) is 0.0641. The van der Waals surface area contributed by atoms with Gasteiger partial charge in [-0.2, -0.15) is 0 Å². The monoisotopic (exact) mass is 839 g/mol. The fraction of sp³-hybridized carbons (Fsp3) is 0.0196. The second-order valence-electron chi connectivity index (χ2n) is 13.8. The number of nitro groups is 1. The summed E-state index contributed by atoms with van der Waals surface area (Å²) in [7, 11) is -2.04. The van der Waals surface area contributed by atoms with E-state index in [-0.39, 0.29) is 28.5 Å². The van der Waals surface area contributed by atoms with Crippen molar-refractivity contribution >= 4 is 57.4 Å². The number of nitrogens with zero attached hydrogens (tertiary/aromatic N) is 1. The Hall–Kier alpha value is -8.07. The number of amides is 2. The number of hydrogen-bond acceptors (Lipinski definition) is 7. The summed E-state index contributed by atoms with van der Waals surface area (Å²) in [6.45, 7) is 1.90. The molecule has 0 bridgehead atoms. The molecule has 0 heterocycles. The Kier molecular flexibility index (Phi) is 14.6. The molecule has 0 aromatic heterocycles. The lowest BCUT2D eigenvalue weighted by atomic mass is 10.1. The molecular formula is C51H42N3O7P. The van der Waals surface area contributed by atoms with E-state index in [2.05, 4.69) is 114 Å². The molecule has 62 heavy (non-hydrogen) atoms. The second kappa shape index (κ2) is 20.8. The van der Waals surface area contributed by atoms with Crippen molar-refractivity contribution in [2.24, 2.45) is 0 Å². The minimum Gasteiger partial charge on any atom is -0.872 e. The molecule has 0 radical (unpaired) electrons. The molecule has 11 heteroatoms. The Bertz CT molecular complexity index is 2620. The average Bonchev–Trinajstić information content (AvgIpc) is 3.30. The van der Waals surface area contributed by atoms with E-state index in [0.717, 1.165) is 23.8 Å². The van der Waals surface area contributed by atoms with Gasteiger partial charge in [0.2, 0.25) is 0 Å². The van der Waals surface area contributed by atoms with Crippen molar-refractivity contribution in [2.75, 3.05) is 10.6 Å². The van der Waals surface area contributed by atoms with Crippen LogP contribution in [0.3, 0.4) is 0 Å². The van der Waals surface area contributed by atoms with E-state index in [9.17, 15) is 35.0 Å². The van der Waals surface area contributed by atoms with Gasteiger partial charge in [-0.15, -0.1) is 0 Å². The van der Waals surface area contributed by atoms with Crippen molar-refractivity contribution in [3.8, 4) is 17.2 Å². The lowest BCUT2D eigenvalue weighted by molar-refractivity contribution is -0.385. The molecule has 8 rings (SSSR count). The topological polar surface area (TPSA) is 165 Å². The molecule has 0 aliphatic rings. The molecule has 0 spiro atoms. The predicted molar refractivity (Wildman–Crippen MR) is 247 cm³/mol. The van der Waals surface area contributed by atoms with Gasteiger partial charge in [0.25, 0.3) is 17.5 Å². The van der Waals surface area contributed by atoms with Gasteiger partial charge < -0.3 is 26.0 Å². The number of anilines is 2. The second-order valence-corrected chi connectivity index (χ2v) is 17.2. The first-order valence-corrected chi connectivity index (χ1v) is 21.2. The number of phenolic OH excluding ortho intramolecular Hbond substituents is 2. The molecule has 2 amide bonds. The van der Waals surface area contributed by atoms with Gasteiger partial charge in [-0.05, 0) is 104 Å². The Morgan fingerprint density at radius 3 is 1.40 bits per heavy atom. The summed E-state index contributed by atoms with van der Waals surface area (Å²) in [5.41, 5.74) is 1.98. The summed E-state index contributed by atoms with van der Waals surface area (Å²) in [6.07, 6.45) is 0. The Morgan fingerprint density at radius 2 is 0.919 bits per heavy atom. The summed E-state index contributed by atoms with van der Waals surface area (Å²) in [5.74, 6) is -1.26. The van der Waals surface area contributed by atoms with E-state index in [1.54, 1.807) is 66.7 Å². The van der Waals surface area contributed by atoms with Gasteiger partial charge in [-0.3, -0.25) is 19.7 Å². The zero-order valence-electron chi connectivity index (χ0n) is 33.5. The molecule has 0 aliphatic carbocycles. The maximum absolute atomic E-state index is 12.0. The maximum atomic E-state index is 12.0. The molecule has 0 saturated heterocycles. The van der Waals surface area contributed by atoms with Crippen LogP contribution in [-0.4, -0.2) is 27.0 Å². The first-order chi connectivity index (χ1) is 30.1. The SMILES string of the molecule is Cc1ccc(NC(=O)c2cc([N+](=O)[O-])ccc2[O-])cc1.O=C(Nc1ccccc1)c1ccccc1O.Oc1ccc([P+](c2ccccc2)(c2ccccc2)c2ccccc2)cc1. The minimum atomic E-state index is -2.04. The van der Waals surface area contributed by atoms with Crippen LogP contribution in [0.15, 0.2) is 212 Å². The first kappa shape index (κ1) is 43.5. The number of hydrogen-bond donors (Lipinski definition) is 4. The highest BCUT2D eigenvalue weighted by atomic mass is 31.2. The Morgan fingerprint density at radius 1 is 0.500 bits per heavy atom. The normalized spacial score (nSPS) is 10.5. The third-order valence-corrected chi connectivity index (χ3v) is 13.9. The molecule has 308 valence electrons. The lowest BCUT2D eigenvalue weighted by Gasteiger charge is -2.27. The molecule has 10 nitrogen and oxygen atoms in total. The number of aryl methyl sites for hydroxylation is 1. The number of carbonyl (C=O) groups is 2. The van der Waals surface area contributed by atoms with Crippen LogP contribution in [0, 0.1) is 17.0 Å². The van der Waals surface area contributed by atoms with Gasteiger partial charge in [0.1, 0.15) is 40.0 Å². The smallest absolute Gasteiger partial charge is 0.270 e. The van der Waals surface area contributed by atoms with Gasteiger partial charge in [-0.1, -0.05) is 114 Å². The van der Waals surface area contributed by atoms with Crippen LogP contribution in [0.25, 0.3) is 0 Å². The van der Waals surface area contributed by atoms with Crippen LogP contribution in [0.1, 0.15) is 26.3 Å². The minimum absolute atomic E-state index is 0.0177. The van der Waals surface area contributed by atoms with Gasteiger partial charge in [0.05, 0.1) is 10.5 Å². The third-order valence-electron chi connectivity index (χ3n) is 9.58. The van der Waals surface area contributed by atoms with Crippen LogP contribution in [0.2, 0.25) is 0 Å². The maximum Gasteiger partial charge on any atom is 0.270 e. The fourth-order valence-corrected chi connectivity index (χ4v) is 10.8. The third kappa shape index (κ3) is 10.8. The van der Waals surface area contributed by atoms with Crippen LogP contribution in [-0.2, 0) is 0 Å². The van der Waals surface area contributed by atoms with E-state index in [4.69, 9.17) is 0 Å². The highest BCUT2D eigenvalue weighted by Crippen LogP contribution is 2.54. The number of phenols is 2. The summed E-state index contributed by atoms with van der Waals surface area (Å²) < 4.78 is 0. The molecule has 8 aromatic rings. The molecule has 0 unspecified atom stereocenters. The molecule has 0 aliphatic heterocycles. The number of nitro benzene ring substituents is 1. The van der Waals surface area contributed by atoms with Crippen molar-refractivity contribution < 1.29 is 29.8 Å². The number of benzene rings is 8. The zero-order valence-corrected chi connectivity index (χ0v) is 34.4. The van der Waals surface area contributed by atoms with E-state index in [0.29, 0.717) is 17.1 Å². The Balaban J connectivity index is 0.000000160. The van der Waals surface area contributed by atoms with Gasteiger partial charge >= 0.3 is 0 Å². The van der Waals surface area contributed by atoms with E-state index in [1.807, 2.05) is 25.1 Å². The zero-order chi connectivity index (χ0) is 43.9. The number of nitrogens with one attached hydrogen (secondary N) is 2. The van der Waals surface area contributed by atoms with Gasteiger partial charge in [0.15, 0.2) is 0 Å². The number of carbonyl (C=O) groups excluding carboxylic acids is 2. The van der Waals surface area contributed by atoms with Crippen molar-refractivity contribution in [1.29, 1.82) is 0 Å². The van der Waals surface area contributed by atoms with Crippen LogP contribution in [0.4, 0.5) is 17.1 Å². The number of rotatable bonds is 9. The highest BCUT2D eigenvalue weighted by Gasteiger charge is 2.47. The summed E-state index contributed by atoms with van der Waals surface area (Å²) in [5, 5.41) is 52.0. The molecule has 0 fully saturated rings. The van der Waals surface area contributed by atoms with Crippen LogP contribution < -0.4 is 37.0 Å². The average molecular weight is 840 g/mol. The molecule has 4 N–H and O–H groups in total. The van der Waals surface area contributed by atoms with E-state index >= 15 is 0 Å². The standard InChI is InChI=1S/C24H19OP.C14H12N2O4.C13H11NO2/c25-20-16-18-24(19-17-20)26(21-10-4-1-5-11-21,22-12-6-2-7-13-22)23-14-8-3-9-15-23;1-9-2-4-10(5-3-9)15-14(18)12-8-11(16(19)20)6-7-13(12)17;15-12-9-5-4-8-11(12)13(16)14-10-6-2-1-3-7-10/h1-19H;2-8,17H,1H3,(H,15,18);1-9,15H,(H,14,16). The number of para-hydroxylation sites is 2. The molecule has 8 aromatic carbocycles. The summed E-state index contributed by atoms with van der Waals surface area (Å²) in [6, 6.07) is 65.5. The van der Waals surface area contributed by atoms with Crippen molar-refractivity contribution in [3.63, 3.8) is 0 Å². The van der Waals surface area contributed by atoms with E-state index < -0.39 is 23.8 Å². The highest BCUT2D eigenvalue weighted by molar-refractivity contribution is 8.01. The summed E-state index contributed by atoms with van der Waals surface area (Å²) in [4.78, 5) is 33.7. The van der Waals surface area contributed by atoms with Crippen LogP contribution in [0.5, 0.6) is 17.2 Å². The molecule has 0 saturated carbocycles. The largest absolute Gasteiger partial charge is 0.872 e. The fourth-order valence-electron chi connectivity index (χ4n) is 6.56. The van der Waals surface area contributed by atoms with Crippen molar-refractivity contribution in [3.05, 3.63) is 239 Å². The van der Waals surface area contributed by atoms with E-state index in [1.165, 1.54) is 27.3 Å². The van der Waals surface area contributed by atoms with Crippen molar-refractivity contribution in [2.45, 2.75) is 6.92 Å². The summed E-state index contributed by atoms with van der Waals surface area (Å²) >= 11 is 0. The molecular weight excluding hydrogens is 798 g/mol. The number of aromatic hydroxyl groups is 2. The van der Waals surface area contributed by atoms with Crippen LogP contribution >= 0.6 is 7.26 Å². The lowest BCUT2D eigenvalue weighted by Crippen LogP contribution is -2.38. The molecule has 0 atom stereocenters. The first-order valence-electron chi connectivity index (χ1n) is 19.4. The van der Waals surface area contributed by atoms with Gasteiger partial charge in [0, 0.05) is 29.1 Å². The number of non-ortho nitro benzene ring substituents is 1. The Labute approximate surface area is 359 Å². The predicted octanol–water partition coefficient (Wildman–Crippen LogP) is 8.89. The van der Waals surface area contributed by atoms with Gasteiger partial charge in [-0.25, -0.2) is 0 Å².